The maximum Gasteiger partial charge on any atom is 0.298 e. The molecule has 0 spiro atoms. The molecule has 1 aromatic carbocycles. The number of carbonyl (C=O) groups excluding carboxylic acids is 1. The minimum Gasteiger partial charge on any atom is -0.356 e. The van der Waals surface area contributed by atoms with Gasteiger partial charge in [-0.05, 0) is 43.7 Å². The van der Waals surface area contributed by atoms with E-state index in [-0.39, 0.29) is 11.9 Å². The summed E-state index contributed by atoms with van der Waals surface area (Å²) in [6, 6.07) is 2.23. The van der Waals surface area contributed by atoms with E-state index in [1.165, 1.54) is 6.07 Å². The van der Waals surface area contributed by atoms with Gasteiger partial charge in [-0.25, -0.2) is 8.78 Å². The van der Waals surface area contributed by atoms with Gasteiger partial charge in [0.15, 0.2) is 0 Å². The van der Waals surface area contributed by atoms with E-state index in [9.17, 15) is 13.6 Å². The molecule has 1 aliphatic rings. The highest BCUT2D eigenvalue weighted by Crippen LogP contribution is 2.32. The lowest BCUT2D eigenvalue weighted by molar-refractivity contribution is -0.126. The molecule has 0 aliphatic heterocycles. The van der Waals surface area contributed by atoms with E-state index < -0.39 is 11.6 Å². The lowest BCUT2D eigenvalue weighted by Gasteiger charge is -2.30. The molecule has 1 atom stereocenters. The highest BCUT2D eigenvalue weighted by atomic mass is 19.1. The monoisotopic (exact) mass is 302 g/mol. The Hall–Kier alpha value is -2.35. The molecule has 0 saturated carbocycles. The number of halogens is 2. The summed E-state index contributed by atoms with van der Waals surface area (Å²) in [5, 5.41) is 0.569. The second-order valence-electron chi connectivity index (χ2n) is 5.58. The van der Waals surface area contributed by atoms with Crippen molar-refractivity contribution < 1.29 is 13.6 Å². The van der Waals surface area contributed by atoms with Gasteiger partial charge in [-0.2, -0.15) is 0 Å². The molecule has 22 heavy (non-hydrogen) atoms. The van der Waals surface area contributed by atoms with Crippen LogP contribution in [0.15, 0.2) is 12.1 Å². The lowest BCUT2D eigenvalue weighted by Crippen LogP contribution is -2.39. The van der Waals surface area contributed by atoms with Crippen LogP contribution in [0.5, 0.6) is 0 Å². The van der Waals surface area contributed by atoms with Crippen LogP contribution < -0.4 is 0 Å². The van der Waals surface area contributed by atoms with Crippen LogP contribution in [0, 0.1) is 23.5 Å². The first kappa shape index (κ1) is 14.6. The number of benzene rings is 1. The molecule has 1 aliphatic carbocycles. The number of nitrogens with zero attached hydrogens (tertiary/aromatic N) is 1. The molecule has 2 aromatic rings. The van der Waals surface area contributed by atoms with Crippen LogP contribution >= 0.6 is 0 Å². The molecule has 5 heteroatoms. The predicted molar refractivity (Wildman–Crippen MR) is 80.2 cm³/mol. The summed E-state index contributed by atoms with van der Waals surface area (Å²) in [5.74, 6) is 3.73. The molecular weight excluding hydrogens is 286 g/mol. The van der Waals surface area contributed by atoms with Crippen molar-refractivity contribution in [3.8, 4) is 11.8 Å². The van der Waals surface area contributed by atoms with Gasteiger partial charge >= 0.3 is 0 Å². The van der Waals surface area contributed by atoms with Gasteiger partial charge in [0.25, 0.3) is 5.91 Å². The van der Waals surface area contributed by atoms with Crippen molar-refractivity contribution in [2.24, 2.45) is 0 Å². The SMILES string of the molecule is CC#CC(=O)N(C)C1CCc2[nH]c3c(F)cc(F)cc3c2C1. The summed E-state index contributed by atoms with van der Waals surface area (Å²) in [6.45, 7) is 1.62. The molecule has 1 aromatic heterocycles. The van der Waals surface area contributed by atoms with Crippen LogP contribution in [0.4, 0.5) is 8.78 Å². The molecule has 0 fully saturated rings. The van der Waals surface area contributed by atoms with Crippen molar-refractivity contribution in [1.82, 2.24) is 9.88 Å². The van der Waals surface area contributed by atoms with Gasteiger partial charge in [-0.1, -0.05) is 5.92 Å². The number of rotatable bonds is 1. The quantitative estimate of drug-likeness (QED) is 0.808. The summed E-state index contributed by atoms with van der Waals surface area (Å²) in [5.41, 5.74) is 2.17. The Balaban J connectivity index is 1.98. The summed E-state index contributed by atoms with van der Waals surface area (Å²) in [6.07, 6.45) is 2.05. The number of hydrogen-bond donors (Lipinski definition) is 1. The number of hydrogen-bond acceptors (Lipinski definition) is 1. The first-order valence-corrected chi connectivity index (χ1v) is 7.19. The van der Waals surface area contributed by atoms with Crippen molar-refractivity contribution in [2.45, 2.75) is 32.2 Å². The second-order valence-corrected chi connectivity index (χ2v) is 5.58. The first-order chi connectivity index (χ1) is 10.5. The third-order valence-electron chi connectivity index (χ3n) is 4.29. The highest BCUT2D eigenvalue weighted by Gasteiger charge is 2.28. The van der Waals surface area contributed by atoms with Crippen molar-refractivity contribution in [3.63, 3.8) is 0 Å². The number of aromatic nitrogens is 1. The fourth-order valence-electron chi connectivity index (χ4n) is 3.11. The van der Waals surface area contributed by atoms with Crippen molar-refractivity contribution in [3.05, 3.63) is 35.0 Å². The van der Waals surface area contributed by atoms with Gasteiger partial charge in [-0.15, -0.1) is 0 Å². The Morgan fingerprint density at radius 1 is 1.41 bits per heavy atom. The number of nitrogens with one attached hydrogen (secondary N) is 1. The fraction of sp³-hybridized carbons (Fsp3) is 0.353. The molecule has 114 valence electrons. The third kappa shape index (κ3) is 2.35. The number of aryl methyl sites for hydroxylation is 1. The zero-order valence-corrected chi connectivity index (χ0v) is 12.5. The van der Waals surface area contributed by atoms with E-state index in [2.05, 4.69) is 16.8 Å². The smallest absolute Gasteiger partial charge is 0.298 e. The van der Waals surface area contributed by atoms with Crippen molar-refractivity contribution in [1.29, 1.82) is 0 Å². The largest absolute Gasteiger partial charge is 0.356 e. The van der Waals surface area contributed by atoms with Crippen LogP contribution in [0.1, 0.15) is 24.6 Å². The van der Waals surface area contributed by atoms with Crippen LogP contribution in [0.2, 0.25) is 0 Å². The standard InChI is InChI=1S/C17H16F2N2O/c1-3-4-16(22)21(2)11-5-6-15-12(9-11)13-7-10(18)8-14(19)17(13)20-15/h7-8,11,20H,5-6,9H2,1-2H3. The summed E-state index contributed by atoms with van der Waals surface area (Å²) in [7, 11) is 1.72. The van der Waals surface area contributed by atoms with Gasteiger partial charge in [0.1, 0.15) is 11.6 Å². The van der Waals surface area contributed by atoms with Gasteiger partial charge in [0.2, 0.25) is 0 Å². The van der Waals surface area contributed by atoms with E-state index in [1.807, 2.05) is 0 Å². The molecule has 1 unspecified atom stereocenters. The van der Waals surface area contributed by atoms with E-state index in [1.54, 1.807) is 18.9 Å². The molecule has 3 nitrogen and oxygen atoms in total. The average Bonchev–Trinajstić information content (AvgIpc) is 2.85. The van der Waals surface area contributed by atoms with E-state index >= 15 is 0 Å². The number of amides is 1. The molecule has 0 bridgehead atoms. The lowest BCUT2D eigenvalue weighted by atomic mass is 9.90. The average molecular weight is 302 g/mol. The van der Waals surface area contributed by atoms with Crippen LogP contribution in [0.3, 0.4) is 0 Å². The molecule has 0 saturated heterocycles. The molecule has 3 rings (SSSR count). The Labute approximate surface area is 127 Å². The van der Waals surface area contributed by atoms with E-state index in [0.29, 0.717) is 23.7 Å². The van der Waals surface area contributed by atoms with E-state index in [4.69, 9.17) is 0 Å². The van der Waals surface area contributed by atoms with Crippen LogP contribution in [0.25, 0.3) is 10.9 Å². The van der Waals surface area contributed by atoms with Gasteiger partial charge < -0.3 is 9.88 Å². The first-order valence-electron chi connectivity index (χ1n) is 7.19. The maximum atomic E-state index is 13.9. The minimum atomic E-state index is -0.588. The van der Waals surface area contributed by atoms with Crippen LogP contribution in [-0.2, 0) is 17.6 Å². The van der Waals surface area contributed by atoms with Gasteiger partial charge in [0.05, 0.1) is 5.52 Å². The topological polar surface area (TPSA) is 36.1 Å². The predicted octanol–water partition coefficient (Wildman–Crippen LogP) is 2.79. The molecule has 1 amide bonds. The van der Waals surface area contributed by atoms with Crippen molar-refractivity contribution >= 4 is 16.8 Å². The number of aromatic amines is 1. The number of carbonyl (C=O) groups is 1. The Kier molecular flexibility index (Phi) is 3.61. The van der Waals surface area contributed by atoms with Gasteiger partial charge in [0, 0.05) is 30.2 Å². The molecular formula is C17H16F2N2O. The zero-order valence-electron chi connectivity index (χ0n) is 12.5. The Morgan fingerprint density at radius 2 is 2.18 bits per heavy atom. The molecule has 1 heterocycles. The summed E-state index contributed by atoms with van der Waals surface area (Å²) in [4.78, 5) is 16.6. The van der Waals surface area contributed by atoms with Gasteiger partial charge in [-0.3, -0.25) is 4.79 Å². The Bertz CT molecular complexity index is 813. The maximum absolute atomic E-state index is 13.9. The highest BCUT2D eigenvalue weighted by molar-refractivity contribution is 5.93. The third-order valence-corrected chi connectivity index (χ3v) is 4.29. The fourth-order valence-corrected chi connectivity index (χ4v) is 3.11. The molecule has 0 radical (unpaired) electrons. The summed E-state index contributed by atoms with van der Waals surface area (Å²) < 4.78 is 27.4. The minimum absolute atomic E-state index is 0.00817. The normalized spacial score (nSPS) is 16.8. The van der Waals surface area contributed by atoms with E-state index in [0.717, 1.165) is 23.7 Å². The van der Waals surface area contributed by atoms with Crippen LogP contribution in [-0.4, -0.2) is 28.9 Å². The number of likely N-dealkylation sites (N-methyl/N-ethyl adjacent to an activating group) is 1. The second kappa shape index (κ2) is 5.45. The zero-order chi connectivity index (χ0) is 15.9. The Morgan fingerprint density at radius 3 is 2.91 bits per heavy atom. The number of fused-ring (bicyclic) bond motifs is 3. The molecule has 1 N–H and O–H groups in total. The van der Waals surface area contributed by atoms with Crippen molar-refractivity contribution in [2.75, 3.05) is 7.05 Å². The number of H-pyrrole nitrogens is 1. The summed E-state index contributed by atoms with van der Waals surface area (Å²) >= 11 is 0.